The predicted molar refractivity (Wildman–Crippen MR) is 72.7 cm³/mol. The van der Waals surface area contributed by atoms with Crippen LogP contribution >= 0.6 is 0 Å². The van der Waals surface area contributed by atoms with Crippen LogP contribution in [0.2, 0.25) is 0 Å². The number of rotatable bonds is 3. The summed E-state index contributed by atoms with van der Waals surface area (Å²) >= 11 is 0. The van der Waals surface area contributed by atoms with Gasteiger partial charge in [0.1, 0.15) is 5.75 Å². The van der Waals surface area contributed by atoms with Crippen LogP contribution in [0.5, 0.6) is 5.75 Å². The smallest absolute Gasteiger partial charge is 0.163 e. The summed E-state index contributed by atoms with van der Waals surface area (Å²) in [5.41, 5.74) is 1.87. The molecule has 0 amide bonds. The SMILES string of the molecule is COc1ccc(N/C=C2\CCC[C@H](C)C2=O)cc1. The number of ketones is 1. The van der Waals surface area contributed by atoms with E-state index in [0.717, 1.165) is 36.3 Å². The fraction of sp³-hybridized carbons (Fsp3) is 0.400. The van der Waals surface area contributed by atoms with Crippen LogP contribution in [0.3, 0.4) is 0 Å². The number of methoxy groups -OCH3 is 1. The molecule has 0 unspecified atom stereocenters. The lowest BCUT2D eigenvalue weighted by Crippen LogP contribution is -2.19. The van der Waals surface area contributed by atoms with Gasteiger partial charge in [0.25, 0.3) is 0 Å². The molecule has 0 radical (unpaired) electrons. The fourth-order valence-electron chi connectivity index (χ4n) is 2.17. The van der Waals surface area contributed by atoms with E-state index in [1.165, 1.54) is 0 Å². The van der Waals surface area contributed by atoms with Crippen LogP contribution in [0.25, 0.3) is 0 Å². The van der Waals surface area contributed by atoms with Crippen molar-refractivity contribution < 1.29 is 9.53 Å². The zero-order chi connectivity index (χ0) is 13.0. The molecule has 1 aromatic carbocycles. The fourth-order valence-corrected chi connectivity index (χ4v) is 2.17. The minimum Gasteiger partial charge on any atom is -0.497 e. The largest absolute Gasteiger partial charge is 0.497 e. The molecule has 3 heteroatoms. The number of anilines is 1. The van der Waals surface area contributed by atoms with E-state index in [0.29, 0.717) is 0 Å². The number of carbonyl (C=O) groups is 1. The molecule has 1 aliphatic carbocycles. The van der Waals surface area contributed by atoms with Gasteiger partial charge in [-0.15, -0.1) is 0 Å². The molecule has 1 fully saturated rings. The molecule has 0 bridgehead atoms. The standard InChI is InChI=1S/C15H19NO2/c1-11-4-3-5-12(15(11)17)10-16-13-6-8-14(18-2)9-7-13/h6-11,16H,3-5H2,1-2H3/b12-10+/t11-/m0/s1. The molecule has 1 saturated carbocycles. The van der Waals surface area contributed by atoms with Crippen molar-refractivity contribution >= 4 is 11.5 Å². The summed E-state index contributed by atoms with van der Waals surface area (Å²) in [5, 5.41) is 3.18. The lowest BCUT2D eigenvalue weighted by atomic mass is 9.86. The van der Waals surface area contributed by atoms with Gasteiger partial charge in [-0.3, -0.25) is 4.79 Å². The van der Waals surface area contributed by atoms with Crippen molar-refractivity contribution in [2.24, 2.45) is 5.92 Å². The zero-order valence-corrected chi connectivity index (χ0v) is 10.9. The van der Waals surface area contributed by atoms with Gasteiger partial charge in [0.15, 0.2) is 5.78 Å². The van der Waals surface area contributed by atoms with Crippen LogP contribution in [0.1, 0.15) is 26.2 Å². The summed E-state index contributed by atoms with van der Waals surface area (Å²) in [5.74, 6) is 1.28. The van der Waals surface area contributed by atoms with E-state index in [2.05, 4.69) is 5.32 Å². The molecule has 1 aliphatic rings. The molecule has 3 nitrogen and oxygen atoms in total. The van der Waals surface area contributed by atoms with Crippen molar-refractivity contribution in [2.75, 3.05) is 12.4 Å². The average molecular weight is 245 g/mol. The molecular formula is C15H19NO2. The molecule has 0 aromatic heterocycles. The van der Waals surface area contributed by atoms with Crippen molar-refractivity contribution in [1.82, 2.24) is 0 Å². The van der Waals surface area contributed by atoms with Crippen LogP contribution in [0.15, 0.2) is 36.0 Å². The molecule has 1 atom stereocenters. The van der Waals surface area contributed by atoms with Gasteiger partial charge < -0.3 is 10.1 Å². The molecule has 0 spiro atoms. The van der Waals surface area contributed by atoms with Crippen molar-refractivity contribution in [3.8, 4) is 5.75 Å². The Morgan fingerprint density at radius 1 is 1.33 bits per heavy atom. The van der Waals surface area contributed by atoms with Gasteiger partial charge in [-0.1, -0.05) is 6.92 Å². The van der Waals surface area contributed by atoms with E-state index >= 15 is 0 Å². The molecule has 1 N–H and O–H groups in total. The summed E-state index contributed by atoms with van der Waals surface area (Å²) in [7, 11) is 1.65. The summed E-state index contributed by atoms with van der Waals surface area (Å²) in [6.45, 7) is 2.00. The van der Waals surface area contributed by atoms with Crippen LogP contribution in [0, 0.1) is 5.92 Å². The average Bonchev–Trinajstić information content (AvgIpc) is 2.41. The highest BCUT2D eigenvalue weighted by molar-refractivity contribution is 5.97. The second-order valence-electron chi connectivity index (χ2n) is 4.70. The number of Topliss-reactive ketones (excluding diaryl/α,β-unsaturated/α-hetero) is 1. The van der Waals surface area contributed by atoms with Crippen LogP contribution in [-0.4, -0.2) is 12.9 Å². The van der Waals surface area contributed by atoms with Crippen LogP contribution < -0.4 is 10.1 Å². The van der Waals surface area contributed by atoms with Crippen molar-refractivity contribution in [2.45, 2.75) is 26.2 Å². The summed E-state index contributed by atoms with van der Waals surface area (Å²) in [4.78, 5) is 11.9. The van der Waals surface area contributed by atoms with Gasteiger partial charge in [-0.05, 0) is 43.5 Å². The Hall–Kier alpha value is -1.77. The van der Waals surface area contributed by atoms with Gasteiger partial charge in [0.2, 0.25) is 0 Å². The van der Waals surface area contributed by atoms with Gasteiger partial charge in [0, 0.05) is 23.4 Å². The molecule has 96 valence electrons. The Bertz CT molecular complexity index is 448. The summed E-state index contributed by atoms with van der Waals surface area (Å²) in [6, 6.07) is 7.66. The highest BCUT2D eigenvalue weighted by Crippen LogP contribution is 2.25. The number of ether oxygens (including phenoxy) is 1. The minimum atomic E-state index is 0.169. The zero-order valence-electron chi connectivity index (χ0n) is 10.9. The topological polar surface area (TPSA) is 38.3 Å². The van der Waals surface area contributed by atoms with E-state index in [1.807, 2.05) is 37.4 Å². The predicted octanol–water partition coefficient (Wildman–Crippen LogP) is 3.38. The Labute approximate surface area is 108 Å². The summed E-state index contributed by atoms with van der Waals surface area (Å²) < 4.78 is 5.10. The maximum Gasteiger partial charge on any atom is 0.163 e. The van der Waals surface area contributed by atoms with Gasteiger partial charge in [-0.25, -0.2) is 0 Å². The van der Waals surface area contributed by atoms with E-state index in [1.54, 1.807) is 7.11 Å². The summed E-state index contributed by atoms with van der Waals surface area (Å²) in [6.07, 6.45) is 4.84. The first-order valence-corrected chi connectivity index (χ1v) is 6.34. The maximum absolute atomic E-state index is 11.9. The molecule has 0 aliphatic heterocycles. The molecule has 0 saturated heterocycles. The number of benzene rings is 1. The number of carbonyl (C=O) groups excluding carboxylic acids is 1. The van der Waals surface area contributed by atoms with E-state index in [4.69, 9.17) is 4.74 Å². The molecule has 1 aromatic rings. The lowest BCUT2D eigenvalue weighted by Gasteiger charge is -2.19. The van der Waals surface area contributed by atoms with Crippen LogP contribution in [0.4, 0.5) is 5.69 Å². The van der Waals surface area contributed by atoms with Gasteiger partial charge >= 0.3 is 0 Å². The molecule has 18 heavy (non-hydrogen) atoms. The normalized spacial score (nSPS) is 22.0. The van der Waals surface area contributed by atoms with Gasteiger partial charge in [-0.2, -0.15) is 0 Å². The van der Waals surface area contributed by atoms with Crippen molar-refractivity contribution in [1.29, 1.82) is 0 Å². The Kier molecular flexibility index (Phi) is 4.03. The Balaban J connectivity index is 2.02. The highest BCUT2D eigenvalue weighted by atomic mass is 16.5. The van der Waals surface area contributed by atoms with Gasteiger partial charge in [0.05, 0.1) is 7.11 Å². The number of allylic oxidation sites excluding steroid dienone is 1. The minimum absolute atomic E-state index is 0.169. The Morgan fingerprint density at radius 3 is 2.72 bits per heavy atom. The van der Waals surface area contributed by atoms with Crippen molar-refractivity contribution in [3.05, 3.63) is 36.0 Å². The first-order valence-electron chi connectivity index (χ1n) is 6.34. The lowest BCUT2D eigenvalue weighted by molar-refractivity contribution is -0.119. The number of hydrogen-bond donors (Lipinski definition) is 1. The third-order valence-corrected chi connectivity index (χ3v) is 3.35. The molecular weight excluding hydrogens is 226 g/mol. The second-order valence-corrected chi connectivity index (χ2v) is 4.70. The second kappa shape index (κ2) is 5.71. The number of nitrogens with one attached hydrogen (secondary N) is 1. The van der Waals surface area contributed by atoms with E-state index in [9.17, 15) is 4.79 Å². The molecule has 0 heterocycles. The van der Waals surface area contributed by atoms with Crippen molar-refractivity contribution in [3.63, 3.8) is 0 Å². The van der Waals surface area contributed by atoms with Crippen LogP contribution in [-0.2, 0) is 4.79 Å². The third kappa shape index (κ3) is 2.92. The van der Waals surface area contributed by atoms with E-state index < -0.39 is 0 Å². The quantitative estimate of drug-likeness (QED) is 0.830. The molecule has 2 rings (SSSR count). The third-order valence-electron chi connectivity index (χ3n) is 3.35. The maximum atomic E-state index is 11.9. The highest BCUT2D eigenvalue weighted by Gasteiger charge is 2.22. The number of hydrogen-bond acceptors (Lipinski definition) is 3. The Morgan fingerprint density at radius 2 is 2.06 bits per heavy atom. The first kappa shape index (κ1) is 12.7. The van der Waals surface area contributed by atoms with E-state index in [-0.39, 0.29) is 11.7 Å². The first-order chi connectivity index (χ1) is 8.70. The monoisotopic (exact) mass is 245 g/mol.